The fourth-order valence-corrected chi connectivity index (χ4v) is 0.387. The Bertz CT molecular complexity index is 97.6. The van der Waals surface area contributed by atoms with Gasteiger partial charge in [0, 0.05) is 29.6 Å². The molecule has 0 saturated carbocycles. The molecule has 0 aromatic heterocycles. The van der Waals surface area contributed by atoms with Crippen LogP contribution in [0.2, 0.25) is 0 Å². The molecule has 3 nitrogen and oxygen atoms in total. The van der Waals surface area contributed by atoms with Crippen LogP contribution in [0.1, 0.15) is 0 Å². The third-order valence-corrected chi connectivity index (χ3v) is 0.603. The molecule has 0 heterocycles. The Labute approximate surface area is 77.5 Å². The molecule has 0 aromatic carbocycles. The van der Waals surface area contributed by atoms with E-state index in [1.807, 2.05) is 0 Å². The van der Waals surface area contributed by atoms with Gasteiger partial charge in [0.05, 0.1) is 27.1 Å². The first-order chi connectivity index (χ1) is 3.42. The van der Waals surface area contributed by atoms with Crippen LogP contribution >= 0.6 is 0 Å². The first-order valence-corrected chi connectivity index (χ1v) is 2.42. The van der Waals surface area contributed by atoms with E-state index in [4.69, 9.17) is 0 Å². The Morgan fingerprint density at radius 3 is 1.78 bits per heavy atom. The number of quaternary nitrogens is 1. The number of rotatable bonds is 2. The summed E-state index contributed by atoms with van der Waals surface area (Å²) in [5, 5.41) is 9.89. The number of carboxylic acids is 1. The molecule has 0 spiro atoms. The standard InChI is InChI=1S/C5H11NO2.Na/c1-6(2,3)4-5(7)8;/h4H2,1-3H3;. The summed E-state index contributed by atoms with van der Waals surface area (Å²) in [6, 6.07) is 0. The summed E-state index contributed by atoms with van der Waals surface area (Å²) in [6.45, 7) is 0.0694. The Morgan fingerprint density at radius 2 is 1.78 bits per heavy atom. The topological polar surface area (TPSA) is 40.1 Å². The van der Waals surface area contributed by atoms with E-state index in [-0.39, 0.29) is 36.1 Å². The summed E-state index contributed by atoms with van der Waals surface area (Å²) < 4.78 is 0.419. The van der Waals surface area contributed by atoms with E-state index in [1.54, 1.807) is 21.1 Å². The SMILES string of the molecule is C[N+](C)(C)CC(=O)[O-].[Na]. The fraction of sp³-hybridized carbons (Fsp3) is 0.800. The van der Waals surface area contributed by atoms with Crippen molar-refractivity contribution >= 4 is 35.5 Å². The molecule has 0 aliphatic carbocycles. The molecule has 0 unspecified atom stereocenters. The van der Waals surface area contributed by atoms with Crippen LogP contribution in [0, 0.1) is 0 Å². The summed E-state index contributed by atoms with van der Waals surface area (Å²) in [5.41, 5.74) is 0. The monoisotopic (exact) mass is 140 g/mol. The van der Waals surface area contributed by atoms with Gasteiger partial charge in [0.2, 0.25) is 0 Å². The molecule has 0 amide bonds. The Hall–Kier alpha value is 0.430. The molecule has 9 heavy (non-hydrogen) atoms. The van der Waals surface area contributed by atoms with Crippen LogP contribution in [-0.4, -0.2) is 67.7 Å². The molecule has 1 radical (unpaired) electrons. The van der Waals surface area contributed by atoms with Crippen LogP contribution < -0.4 is 5.11 Å². The maximum Gasteiger partial charge on any atom is 0.118 e. The number of carboxylic acid groups (broad SMARTS) is 1. The predicted molar refractivity (Wildman–Crippen MR) is 33.7 cm³/mol. The van der Waals surface area contributed by atoms with Crippen molar-refractivity contribution in [2.45, 2.75) is 0 Å². The van der Waals surface area contributed by atoms with Crippen LogP contribution in [0.3, 0.4) is 0 Å². The zero-order valence-electron chi connectivity index (χ0n) is 6.47. The molecule has 0 aliphatic heterocycles. The maximum absolute atomic E-state index is 9.89. The number of carbonyl (C=O) groups is 1. The first kappa shape index (κ1) is 12.1. The summed E-state index contributed by atoms with van der Waals surface area (Å²) in [6.07, 6.45) is 0. The number of carbonyl (C=O) groups excluding carboxylic acids is 1. The van der Waals surface area contributed by atoms with Crippen molar-refractivity contribution in [2.75, 3.05) is 27.7 Å². The average molecular weight is 140 g/mol. The minimum atomic E-state index is -1.00. The van der Waals surface area contributed by atoms with Gasteiger partial charge < -0.3 is 14.4 Å². The maximum atomic E-state index is 9.89. The fourth-order valence-electron chi connectivity index (χ4n) is 0.387. The van der Waals surface area contributed by atoms with Gasteiger partial charge in [-0.05, 0) is 0 Å². The van der Waals surface area contributed by atoms with E-state index in [2.05, 4.69) is 0 Å². The van der Waals surface area contributed by atoms with E-state index in [9.17, 15) is 9.90 Å². The van der Waals surface area contributed by atoms with Crippen molar-refractivity contribution in [3.05, 3.63) is 0 Å². The van der Waals surface area contributed by atoms with Gasteiger partial charge in [-0.3, -0.25) is 0 Å². The molecule has 0 bridgehead atoms. The first-order valence-electron chi connectivity index (χ1n) is 2.42. The van der Waals surface area contributed by atoms with Crippen molar-refractivity contribution in [1.82, 2.24) is 0 Å². The second-order valence-electron chi connectivity index (χ2n) is 2.82. The van der Waals surface area contributed by atoms with Gasteiger partial charge in [0.15, 0.2) is 0 Å². The second-order valence-corrected chi connectivity index (χ2v) is 2.82. The summed E-state index contributed by atoms with van der Waals surface area (Å²) >= 11 is 0. The predicted octanol–water partition coefficient (Wildman–Crippen LogP) is -1.94. The summed E-state index contributed by atoms with van der Waals surface area (Å²) in [5.74, 6) is -1.00. The zero-order valence-corrected chi connectivity index (χ0v) is 8.47. The van der Waals surface area contributed by atoms with E-state index in [0.717, 1.165) is 0 Å². The third-order valence-electron chi connectivity index (χ3n) is 0.603. The largest absolute Gasteiger partial charge is 0.544 e. The number of aliphatic carboxylic acids is 1. The van der Waals surface area contributed by atoms with Gasteiger partial charge in [-0.1, -0.05) is 0 Å². The molecule has 0 N–H and O–H groups in total. The summed E-state index contributed by atoms with van der Waals surface area (Å²) in [4.78, 5) is 9.89. The van der Waals surface area contributed by atoms with E-state index in [0.29, 0.717) is 4.48 Å². The van der Waals surface area contributed by atoms with Crippen molar-refractivity contribution in [3.63, 3.8) is 0 Å². The van der Waals surface area contributed by atoms with Crippen molar-refractivity contribution in [2.24, 2.45) is 0 Å². The van der Waals surface area contributed by atoms with Crippen LogP contribution in [0.5, 0.6) is 0 Å². The van der Waals surface area contributed by atoms with Crippen LogP contribution in [0.25, 0.3) is 0 Å². The molecule has 49 valence electrons. The number of nitrogens with zero attached hydrogens (tertiary/aromatic N) is 1. The van der Waals surface area contributed by atoms with Crippen LogP contribution in [-0.2, 0) is 4.79 Å². The Morgan fingerprint density at radius 1 is 1.44 bits per heavy atom. The number of likely N-dealkylation sites (N-methyl/N-ethyl adjacent to an activating group) is 1. The molecule has 0 aromatic rings. The van der Waals surface area contributed by atoms with Crippen LogP contribution in [0.4, 0.5) is 0 Å². The minimum absolute atomic E-state index is 0. The molecule has 0 saturated heterocycles. The van der Waals surface area contributed by atoms with Crippen molar-refractivity contribution in [3.8, 4) is 0 Å². The van der Waals surface area contributed by atoms with Gasteiger partial charge in [0.25, 0.3) is 0 Å². The quantitative estimate of drug-likeness (QED) is 0.331. The number of hydrogen-bond donors (Lipinski definition) is 0. The second kappa shape index (κ2) is 4.28. The molecule has 4 heteroatoms. The Kier molecular flexibility index (Phi) is 5.77. The van der Waals surface area contributed by atoms with Crippen LogP contribution in [0.15, 0.2) is 0 Å². The summed E-state index contributed by atoms with van der Waals surface area (Å²) in [7, 11) is 5.40. The van der Waals surface area contributed by atoms with E-state index >= 15 is 0 Å². The van der Waals surface area contributed by atoms with E-state index in [1.165, 1.54) is 0 Å². The van der Waals surface area contributed by atoms with Gasteiger partial charge >= 0.3 is 0 Å². The molecule has 0 atom stereocenters. The smallest absolute Gasteiger partial charge is 0.118 e. The zero-order chi connectivity index (χ0) is 6.78. The van der Waals surface area contributed by atoms with E-state index < -0.39 is 5.97 Å². The molecular formula is C5H11NNaO2. The molecule has 0 rings (SSSR count). The normalized spacial score (nSPS) is 10.1. The minimum Gasteiger partial charge on any atom is -0.544 e. The van der Waals surface area contributed by atoms with Gasteiger partial charge in [-0.25, -0.2) is 0 Å². The molecule has 0 aliphatic rings. The van der Waals surface area contributed by atoms with Gasteiger partial charge in [-0.2, -0.15) is 0 Å². The molecular weight excluding hydrogens is 129 g/mol. The average Bonchev–Trinajstić information content (AvgIpc) is 1.21. The van der Waals surface area contributed by atoms with Crippen molar-refractivity contribution < 1.29 is 14.4 Å². The third kappa shape index (κ3) is 11.8. The van der Waals surface area contributed by atoms with Crippen molar-refractivity contribution in [1.29, 1.82) is 0 Å². The number of hydrogen-bond acceptors (Lipinski definition) is 2. The molecule has 0 fully saturated rings. The Balaban J connectivity index is 0. The van der Waals surface area contributed by atoms with Gasteiger partial charge in [-0.15, -0.1) is 0 Å². The van der Waals surface area contributed by atoms with Gasteiger partial charge in [0.1, 0.15) is 6.54 Å².